The molecule has 1 N–H and O–H groups in total. The van der Waals surface area contributed by atoms with Crippen molar-refractivity contribution in [2.75, 3.05) is 6.61 Å². The molecule has 3 rings (SSSR count). The molecule has 2 aromatic carbocycles. The molecule has 0 spiro atoms. The molecule has 25 heavy (non-hydrogen) atoms. The Labute approximate surface area is 148 Å². The van der Waals surface area contributed by atoms with Gasteiger partial charge in [-0.05, 0) is 18.6 Å². The SMILES string of the molecule is CCOc1ccccc1C=C(Bc1nccn1CO)c1ccccc1. The Hall–Kier alpha value is -2.79. The number of ether oxygens (including phenoxy) is 1. The maximum absolute atomic E-state index is 9.48. The van der Waals surface area contributed by atoms with Crippen LogP contribution in [0.25, 0.3) is 11.5 Å². The Bertz CT molecular complexity index is 844. The van der Waals surface area contributed by atoms with Gasteiger partial charge >= 0.3 is 0 Å². The first-order chi connectivity index (χ1) is 12.3. The van der Waals surface area contributed by atoms with E-state index in [-0.39, 0.29) is 6.73 Å². The molecule has 1 aromatic heterocycles. The number of rotatable bonds is 7. The zero-order chi connectivity index (χ0) is 17.5. The van der Waals surface area contributed by atoms with Crippen molar-refractivity contribution >= 4 is 24.6 Å². The van der Waals surface area contributed by atoms with Crippen LogP contribution in [0.5, 0.6) is 5.75 Å². The normalized spacial score (nSPS) is 11.4. The minimum atomic E-state index is -0.0765. The molecule has 0 aliphatic heterocycles. The minimum Gasteiger partial charge on any atom is -0.493 e. The third-order valence-corrected chi connectivity index (χ3v) is 4.00. The van der Waals surface area contributed by atoms with E-state index in [0.29, 0.717) is 13.9 Å². The second-order valence-corrected chi connectivity index (χ2v) is 5.64. The molecule has 0 fully saturated rings. The topological polar surface area (TPSA) is 47.3 Å². The fourth-order valence-electron chi connectivity index (χ4n) is 2.77. The average molecular weight is 332 g/mol. The second kappa shape index (κ2) is 8.35. The quantitative estimate of drug-likeness (QED) is 0.534. The Morgan fingerprint density at radius 1 is 1.16 bits per heavy atom. The summed E-state index contributed by atoms with van der Waals surface area (Å²) in [6.07, 6.45) is 5.63. The Balaban J connectivity index is 2.03. The molecule has 0 amide bonds. The van der Waals surface area contributed by atoms with Crippen LogP contribution in [0.15, 0.2) is 67.0 Å². The molecule has 4 nitrogen and oxygen atoms in total. The molecule has 0 saturated carbocycles. The predicted octanol–water partition coefficient (Wildman–Crippen LogP) is 2.49. The molecule has 1 heterocycles. The van der Waals surface area contributed by atoms with Crippen molar-refractivity contribution < 1.29 is 9.84 Å². The van der Waals surface area contributed by atoms with Crippen LogP contribution in [0.2, 0.25) is 0 Å². The highest BCUT2D eigenvalue weighted by Crippen LogP contribution is 2.24. The lowest BCUT2D eigenvalue weighted by Gasteiger charge is -2.11. The fraction of sp³-hybridized carbons (Fsp3) is 0.150. The third kappa shape index (κ3) is 4.19. The van der Waals surface area contributed by atoms with Crippen LogP contribution in [0.1, 0.15) is 18.1 Å². The molecule has 0 saturated heterocycles. The molecular formula is C20H21BN2O2. The summed E-state index contributed by atoms with van der Waals surface area (Å²) in [7, 11) is 0.623. The van der Waals surface area contributed by atoms with Gasteiger partial charge in [0.25, 0.3) is 0 Å². The van der Waals surface area contributed by atoms with E-state index in [0.717, 1.165) is 28.1 Å². The smallest absolute Gasteiger partial charge is 0.239 e. The van der Waals surface area contributed by atoms with E-state index in [1.165, 1.54) is 0 Å². The van der Waals surface area contributed by atoms with Crippen LogP contribution < -0.4 is 10.5 Å². The third-order valence-electron chi connectivity index (χ3n) is 4.00. The largest absolute Gasteiger partial charge is 0.493 e. The van der Waals surface area contributed by atoms with Crippen molar-refractivity contribution in [3.8, 4) is 5.75 Å². The van der Waals surface area contributed by atoms with Crippen molar-refractivity contribution in [2.24, 2.45) is 0 Å². The molecule has 0 bridgehead atoms. The highest BCUT2D eigenvalue weighted by Gasteiger charge is 2.11. The van der Waals surface area contributed by atoms with Gasteiger partial charge in [0.05, 0.1) is 12.3 Å². The van der Waals surface area contributed by atoms with Gasteiger partial charge in [0.2, 0.25) is 7.28 Å². The molecule has 3 aromatic rings. The van der Waals surface area contributed by atoms with E-state index in [1.807, 2.05) is 49.4 Å². The number of hydrogen-bond donors (Lipinski definition) is 1. The van der Waals surface area contributed by atoms with Crippen molar-refractivity contribution in [1.82, 2.24) is 9.55 Å². The highest BCUT2D eigenvalue weighted by atomic mass is 16.5. The summed E-state index contributed by atoms with van der Waals surface area (Å²) < 4.78 is 7.49. The first kappa shape index (κ1) is 17.1. The van der Waals surface area contributed by atoms with Gasteiger partial charge in [-0.25, -0.2) is 0 Å². The van der Waals surface area contributed by atoms with E-state index < -0.39 is 0 Å². The van der Waals surface area contributed by atoms with Crippen molar-refractivity contribution in [3.05, 3.63) is 78.1 Å². The first-order valence-corrected chi connectivity index (χ1v) is 8.40. The van der Waals surface area contributed by atoms with E-state index in [9.17, 15) is 5.11 Å². The van der Waals surface area contributed by atoms with Crippen LogP contribution in [0, 0.1) is 0 Å². The van der Waals surface area contributed by atoms with E-state index in [1.54, 1.807) is 17.0 Å². The number of aliphatic hydroxyl groups excluding tert-OH is 1. The number of aliphatic hydroxyl groups is 1. The van der Waals surface area contributed by atoms with Crippen LogP contribution in [-0.4, -0.2) is 28.5 Å². The maximum atomic E-state index is 9.48. The average Bonchev–Trinajstić information content (AvgIpc) is 3.11. The summed E-state index contributed by atoms with van der Waals surface area (Å²) in [6, 6.07) is 18.2. The van der Waals surface area contributed by atoms with Gasteiger partial charge in [0.1, 0.15) is 12.5 Å². The van der Waals surface area contributed by atoms with Gasteiger partial charge in [-0.3, -0.25) is 4.98 Å². The number of aromatic nitrogens is 2. The summed E-state index contributed by atoms with van der Waals surface area (Å²) >= 11 is 0. The van der Waals surface area contributed by atoms with Gasteiger partial charge in [-0.2, -0.15) is 0 Å². The maximum Gasteiger partial charge on any atom is 0.239 e. The number of imidazole rings is 1. The molecule has 126 valence electrons. The fourth-order valence-corrected chi connectivity index (χ4v) is 2.77. The highest BCUT2D eigenvalue weighted by molar-refractivity contribution is 6.73. The summed E-state index contributed by atoms with van der Waals surface area (Å²) in [5, 5.41) is 9.48. The van der Waals surface area contributed by atoms with Crippen LogP contribution in [-0.2, 0) is 6.73 Å². The van der Waals surface area contributed by atoms with Gasteiger partial charge in [-0.15, -0.1) is 0 Å². The monoisotopic (exact) mass is 332 g/mol. The second-order valence-electron chi connectivity index (χ2n) is 5.64. The van der Waals surface area contributed by atoms with Gasteiger partial charge < -0.3 is 14.4 Å². The van der Waals surface area contributed by atoms with E-state index >= 15 is 0 Å². The van der Waals surface area contributed by atoms with E-state index in [2.05, 4.69) is 23.2 Å². The molecule has 0 unspecified atom stereocenters. The van der Waals surface area contributed by atoms with Crippen molar-refractivity contribution in [3.63, 3.8) is 0 Å². The number of nitrogens with zero attached hydrogens (tertiary/aromatic N) is 2. The van der Waals surface area contributed by atoms with Gasteiger partial charge in [-0.1, -0.05) is 60.1 Å². The number of para-hydroxylation sites is 1. The van der Waals surface area contributed by atoms with Crippen LogP contribution >= 0.6 is 0 Å². The Morgan fingerprint density at radius 3 is 2.68 bits per heavy atom. The summed E-state index contributed by atoms with van der Waals surface area (Å²) in [5.41, 5.74) is 4.10. The minimum absolute atomic E-state index is 0.0765. The molecule has 0 aliphatic carbocycles. The molecular weight excluding hydrogens is 311 g/mol. The molecule has 0 atom stereocenters. The first-order valence-electron chi connectivity index (χ1n) is 8.40. The summed E-state index contributed by atoms with van der Waals surface area (Å²) in [4.78, 5) is 4.38. The van der Waals surface area contributed by atoms with Gasteiger partial charge in [0.15, 0.2) is 0 Å². The molecule has 0 aliphatic rings. The van der Waals surface area contributed by atoms with Gasteiger partial charge in [0, 0.05) is 18.0 Å². The molecule has 5 heteroatoms. The van der Waals surface area contributed by atoms with E-state index in [4.69, 9.17) is 4.74 Å². The zero-order valence-corrected chi connectivity index (χ0v) is 14.3. The van der Waals surface area contributed by atoms with Crippen LogP contribution in [0.4, 0.5) is 0 Å². The standard InChI is InChI=1S/C20H21BN2O2/c1-2-25-19-11-7-6-10-17(19)14-18(16-8-4-3-5-9-16)21-20-22-12-13-23(20)15-24/h3-14,21,24H,2,15H2,1H3. The van der Waals surface area contributed by atoms with Crippen LogP contribution in [0.3, 0.4) is 0 Å². The predicted molar refractivity (Wildman–Crippen MR) is 103 cm³/mol. The van der Waals surface area contributed by atoms with Crippen molar-refractivity contribution in [1.29, 1.82) is 0 Å². The Morgan fingerprint density at radius 2 is 1.92 bits per heavy atom. The summed E-state index contributed by atoms with van der Waals surface area (Å²) in [6.45, 7) is 2.53. The summed E-state index contributed by atoms with van der Waals surface area (Å²) in [5.74, 6) is 0.865. The number of hydrogen-bond acceptors (Lipinski definition) is 3. The zero-order valence-electron chi connectivity index (χ0n) is 14.3. The Kier molecular flexibility index (Phi) is 5.70. The molecule has 0 radical (unpaired) electrons. The number of benzene rings is 2. The lowest BCUT2D eigenvalue weighted by Crippen LogP contribution is -2.27. The lowest BCUT2D eigenvalue weighted by atomic mass is 9.65. The van der Waals surface area contributed by atoms with Crippen molar-refractivity contribution in [2.45, 2.75) is 13.7 Å². The lowest BCUT2D eigenvalue weighted by molar-refractivity contribution is 0.213.